The maximum absolute atomic E-state index is 13.2. The molecular formula is C27H33N3O5. The number of β-amino-alcohol motifs (C(OH)–C–C–N with tert-alkyl or cyclic N) is 1. The predicted molar refractivity (Wildman–Crippen MR) is 131 cm³/mol. The molecule has 0 bridgehead atoms. The maximum atomic E-state index is 13.2. The summed E-state index contributed by atoms with van der Waals surface area (Å²) in [6, 6.07) is 13.7. The summed E-state index contributed by atoms with van der Waals surface area (Å²) in [4.78, 5) is 30.6. The molecule has 1 unspecified atom stereocenters. The number of nitrogens with zero attached hydrogens (tertiary/aromatic N) is 3. The van der Waals surface area contributed by atoms with Gasteiger partial charge in [0, 0.05) is 38.7 Å². The van der Waals surface area contributed by atoms with Gasteiger partial charge in [-0.1, -0.05) is 31.2 Å². The van der Waals surface area contributed by atoms with Crippen LogP contribution in [0.1, 0.15) is 34.8 Å². The van der Waals surface area contributed by atoms with Crippen molar-refractivity contribution >= 4 is 11.8 Å². The number of amides is 2. The lowest BCUT2D eigenvalue weighted by atomic mass is 10.00. The summed E-state index contributed by atoms with van der Waals surface area (Å²) in [5.74, 6) is 1.12. The molecule has 3 aliphatic heterocycles. The fraction of sp³-hybridized carbons (Fsp3) is 0.481. The fourth-order valence-corrected chi connectivity index (χ4v) is 5.04. The van der Waals surface area contributed by atoms with Crippen LogP contribution in [0.4, 0.5) is 0 Å². The van der Waals surface area contributed by atoms with Crippen LogP contribution in [-0.2, 0) is 17.8 Å². The quantitative estimate of drug-likeness (QED) is 0.654. The molecule has 0 aromatic heterocycles. The number of rotatable bonds is 7. The van der Waals surface area contributed by atoms with Gasteiger partial charge in [-0.2, -0.15) is 0 Å². The highest BCUT2D eigenvalue weighted by atomic mass is 16.5. The molecule has 0 saturated carbocycles. The lowest BCUT2D eigenvalue weighted by Crippen LogP contribution is -2.56. The highest BCUT2D eigenvalue weighted by molar-refractivity contribution is 5.97. The summed E-state index contributed by atoms with van der Waals surface area (Å²) in [5, 5.41) is 10.8. The normalized spacial score (nSPS) is 19.2. The molecule has 0 spiro atoms. The summed E-state index contributed by atoms with van der Waals surface area (Å²) in [6.07, 6.45) is 0.795. The summed E-state index contributed by atoms with van der Waals surface area (Å²) in [5.41, 5.74) is 3.16. The number of carbonyl (C=O) groups excluding carboxylic acids is 2. The SMILES string of the molecule is CCC(=O)N1CC(Oc2ccc3c(c2)OCCN(CC(O)CN2CCc4ccccc4C2)C3=O)C1. The van der Waals surface area contributed by atoms with Crippen molar-refractivity contribution in [3.63, 3.8) is 0 Å². The predicted octanol–water partition coefficient (Wildman–Crippen LogP) is 1.94. The molecular weight excluding hydrogens is 446 g/mol. The van der Waals surface area contributed by atoms with E-state index in [4.69, 9.17) is 9.47 Å². The Morgan fingerprint density at radius 2 is 1.94 bits per heavy atom. The van der Waals surface area contributed by atoms with Crippen molar-refractivity contribution in [3.05, 3.63) is 59.2 Å². The van der Waals surface area contributed by atoms with Crippen LogP contribution >= 0.6 is 0 Å². The average molecular weight is 480 g/mol. The van der Waals surface area contributed by atoms with Gasteiger partial charge in [0.05, 0.1) is 31.3 Å². The Morgan fingerprint density at radius 3 is 2.74 bits per heavy atom. The highest BCUT2D eigenvalue weighted by Crippen LogP contribution is 2.30. The first-order valence-corrected chi connectivity index (χ1v) is 12.5. The van der Waals surface area contributed by atoms with Crippen molar-refractivity contribution in [3.8, 4) is 11.5 Å². The van der Waals surface area contributed by atoms with Gasteiger partial charge < -0.3 is 24.4 Å². The fourth-order valence-electron chi connectivity index (χ4n) is 5.04. The van der Waals surface area contributed by atoms with E-state index in [9.17, 15) is 14.7 Å². The number of aliphatic hydroxyl groups is 1. The lowest BCUT2D eigenvalue weighted by Gasteiger charge is -2.38. The Bertz CT molecular complexity index is 1080. The van der Waals surface area contributed by atoms with Gasteiger partial charge >= 0.3 is 0 Å². The van der Waals surface area contributed by atoms with E-state index in [0.29, 0.717) is 56.3 Å². The minimum absolute atomic E-state index is 0.0431. The van der Waals surface area contributed by atoms with Gasteiger partial charge in [-0.25, -0.2) is 0 Å². The third kappa shape index (κ3) is 5.28. The van der Waals surface area contributed by atoms with E-state index < -0.39 is 6.10 Å². The van der Waals surface area contributed by atoms with Gasteiger partial charge in [-0.3, -0.25) is 14.5 Å². The molecule has 8 nitrogen and oxygen atoms in total. The molecule has 0 aliphatic carbocycles. The second-order valence-corrected chi connectivity index (χ2v) is 9.56. The molecule has 1 N–H and O–H groups in total. The minimum atomic E-state index is -0.638. The van der Waals surface area contributed by atoms with Gasteiger partial charge in [-0.05, 0) is 29.7 Å². The Labute approximate surface area is 206 Å². The standard InChI is InChI=1S/C27H33N3O5/c1-2-26(32)30-17-23(18-30)35-22-7-8-24-25(13-22)34-12-11-29(27(24)33)16-21(31)15-28-10-9-19-5-3-4-6-20(19)14-28/h3-8,13,21,23,31H,2,9-12,14-18H2,1H3. The third-order valence-electron chi connectivity index (χ3n) is 7.01. The number of hydrogen-bond donors (Lipinski definition) is 1. The summed E-state index contributed by atoms with van der Waals surface area (Å²) in [6.45, 7) is 6.30. The van der Waals surface area contributed by atoms with Gasteiger partial charge in [0.2, 0.25) is 5.91 Å². The lowest BCUT2D eigenvalue weighted by molar-refractivity contribution is -0.139. The first kappa shape index (κ1) is 23.6. The van der Waals surface area contributed by atoms with Crippen molar-refractivity contribution in [2.45, 2.75) is 38.5 Å². The van der Waals surface area contributed by atoms with Gasteiger partial charge in [0.1, 0.15) is 24.2 Å². The Morgan fingerprint density at radius 1 is 1.14 bits per heavy atom. The molecule has 3 aliphatic rings. The zero-order chi connectivity index (χ0) is 24.4. The number of ether oxygens (including phenoxy) is 2. The summed E-state index contributed by atoms with van der Waals surface area (Å²) in [7, 11) is 0. The maximum Gasteiger partial charge on any atom is 0.257 e. The first-order chi connectivity index (χ1) is 17.0. The highest BCUT2D eigenvalue weighted by Gasteiger charge is 2.32. The van der Waals surface area contributed by atoms with E-state index in [1.54, 1.807) is 28.0 Å². The number of carbonyl (C=O) groups is 2. The second kappa shape index (κ2) is 10.3. The molecule has 186 valence electrons. The summed E-state index contributed by atoms with van der Waals surface area (Å²) >= 11 is 0. The summed E-state index contributed by atoms with van der Waals surface area (Å²) < 4.78 is 11.8. The van der Waals surface area contributed by atoms with E-state index in [1.165, 1.54) is 11.1 Å². The molecule has 1 atom stereocenters. The van der Waals surface area contributed by atoms with Crippen LogP contribution in [0.15, 0.2) is 42.5 Å². The van der Waals surface area contributed by atoms with Gasteiger partial charge in [0.25, 0.3) is 5.91 Å². The Hall–Kier alpha value is -3.10. The molecule has 0 radical (unpaired) electrons. The first-order valence-electron chi connectivity index (χ1n) is 12.5. The topological polar surface area (TPSA) is 82.6 Å². The molecule has 5 rings (SSSR count). The molecule has 2 aromatic rings. The van der Waals surface area contributed by atoms with Gasteiger partial charge in [-0.15, -0.1) is 0 Å². The van der Waals surface area contributed by atoms with Crippen LogP contribution in [-0.4, -0.2) is 89.7 Å². The zero-order valence-electron chi connectivity index (χ0n) is 20.2. The molecule has 1 fully saturated rings. The molecule has 35 heavy (non-hydrogen) atoms. The van der Waals surface area contributed by atoms with Crippen molar-refractivity contribution in [2.75, 3.05) is 45.9 Å². The molecule has 8 heteroatoms. The average Bonchev–Trinajstić information content (AvgIpc) is 2.99. The van der Waals surface area contributed by atoms with Gasteiger partial charge in [0.15, 0.2) is 0 Å². The number of benzene rings is 2. The van der Waals surface area contributed by atoms with Crippen molar-refractivity contribution < 1.29 is 24.2 Å². The van der Waals surface area contributed by atoms with Crippen LogP contribution in [0.25, 0.3) is 0 Å². The zero-order valence-corrected chi connectivity index (χ0v) is 20.2. The smallest absolute Gasteiger partial charge is 0.257 e. The number of likely N-dealkylation sites (tertiary alicyclic amines) is 1. The molecule has 2 amide bonds. The Kier molecular flexibility index (Phi) is 6.92. The van der Waals surface area contributed by atoms with Crippen LogP contribution < -0.4 is 9.47 Å². The van der Waals surface area contributed by atoms with Crippen LogP contribution in [0.3, 0.4) is 0 Å². The Balaban J connectivity index is 1.16. The minimum Gasteiger partial charge on any atom is -0.491 e. The third-order valence-corrected chi connectivity index (χ3v) is 7.01. The number of aliphatic hydroxyl groups excluding tert-OH is 1. The van der Waals surface area contributed by atoms with Crippen LogP contribution in [0.2, 0.25) is 0 Å². The van der Waals surface area contributed by atoms with Crippen molar-refractivity contribution in [1.29, 1.82) is 0 Å². The monoisotopic (exact) mass is 479 g/mol. The number of hydrogen-bond acceptors (Lipinski definition) is 6. The second-order valence-electron chi connectivity index (χ2n) is 9.56. The molecule has 2 aromatic carbocycles. The van der Waals surface area contributed by atoms with E-state index in [2.05, 4.69) is 29.2 Å². The van der Waals surface area contributed by atoms with Crippen molar-refractivity contribution in [1.82, 2.24) is 14.7 Å². The van der Waals surface area contributed by atoms with E-state index >= 15 is 0 Å². The molecule has 1 saturated heterocycles. The number of fused-ring (bicyclic) bond motifs is 2. The van der Waals surface area contributed by atoms with Crippen LogP contribution in [0.5, 0.6) is 11.5 Å². The van der Waals surface area contributed by atoms with E-state index in [1.807, 2.05) is 6.92 Å². The molecule has 3 heterocycles. The van der Waals surface area contributed by atoms with Crippen LogP contribution in [0, 0.1) is 0 Å². The van der Waals surface area contributed by atoms with Crippen molar-refractivity contribution in [2.24, 2.45) is 0 Å². The van der Waals surface area contributed by atoms with E-state index in [-0.39, 0.29) is 24.5 Å². The largest absolute Gasteiger partial charge is 0.491 e. The van der Waals surface area contributed by atoms with E-state index in [0.717, 1.165) is 19.5 Å².